The summed E-state index contributed by atoms with van der Waals surface area (Å²) >= 11 is 0.460. The highest BCUT2D eigenvalue weighted by Gasteiger charge is 2.11. The van der Waals surface area contributed by atoms with Gasteiger partial charge in [0, 0.05) is 12.8 Å². The lowest BCUT2D eigenvalue weighted by Crippen LogP contribution is -1.98. The molecule has 0 aromatic carbocycles. The van der Waals surface area contributed by atoms with Gasteiger partial charge in [-0.05, 0) is 12.8 Å². The highest BCUT2D eigenvalue weighted by atomic mass is 32.2. The van der Waals surface area contributed by atoms with E-state index < -0.39 is 0 Å². The molecule has 1 saturated heterocycles. The molecule has 0 aliphatic carbocycles. The third-order valence-corrected chi connectivity index (χ3v) is 1.77. The van der Waals surface area contributed by atoms with Gasteiger partial charge in [0.05, 0.1) is 0 Å². The van der Waals surface area contributed by atoms with Crippen molar-refractivity contribution in [2.75, 3.05) is 0 Å². The summed E-state index contributed by atoms with van der Waals surface area (Å²) in [4.78, 5) is 21.3. The van der Waals surface area contributed by atoms with Crippen LogP contribution in [0, 0.1) is 0 Å². The van der Waals surface area contributed by atoms with Crippen molar-refractivity contribution >= 4 is 24.3 Å². The van der Waals surface area contributed by atoms with Crippen LogP contribution < -0.4 is 0 Å². The van der Waals surface area contributed by atoms with E-state index in [2.05, 4.69) is 8.37 Å². The van der Waals surface area contributed by atoms with Crippen LogP contribution in [0.1, 0.15) is 25.7 Å². The van der Waals surface area contributed by atoms with Crippen LogP contribution in [0.2, 0.25) is 0 Å². The lowest BCUT2D eigenvalue weighted by atomic mass is 10.2. The van der Waals surface area contributed by atoms with E-state index >= 15 is 0 Å². The summed E-state index contributed by atoms with van der Waals surface area (Å²) in [5, 5.41) is 0. The largest absolute Gasteiger partial charge is 0.355 e. The highest BCUT2D eigenvalue weighted by Crippen LogP contribution is 2.14. The molecule has 0 aromatic heterocycles. The maximum atomic E-state index is 10.7. The van der Waals surface area contributed by atoms with Gasteiger partial charge in [-0.3, -0.25) is 9.59 Å². The minimum absolute atomic E-state index is 0.329. The summed E-state index contributed by atoms with van der Waals surface area (Å²) in [6, 6.07) is 0. The molecule has 5 heteroatoms. The molecule has 4 nitrogen and oxygen atoms in total. The first-order valence-electron chi connectivity index (χ1n) is 3.36. The molecule has 0 N–H and O–H groups in total. The molecule has 0 aromatic rings. The Morgan fingerprint density at radius 3 is 1.91 bits per heavy atom. The Labute approximate surface area is 68.6 Å². The molecule has 11 heavy (non-hydrogen) atoms. The summed E-state index contributed by atoms with van der Waals surface area (Å²) in [6.07, 6.45) is 2.11. The van der Waals surface area contributed by atoms with Crippen molar-refractivity contribution in [3.8, 4) is 0 Å². The van der Waals surface area contributed by atoms with Crippen molar-refractivity contribution < 1.29 is 18.0 Å². The Bertz CT molecular complexity index is 150. The monoisotopic (exact) mass is 176 g/mol. The second kappa shape index (κ2) is 4.23. The van der Waals surface area contributed by atoms with Crippen molar-refractivity contribution in [3.05, 3.63) is 0 Å². The zero-order valence-electron chi connectivity index (χ0n) is 5.87. The van der Waals surface area contributed by atoms with Gasteiger partial charge < -0.3 is 8.37 Å². The van der Waals surface area contributed by atoms with Gasteiger partial charge >= 0.3 is 11.9 Å². The summed E-state index contributed by atoms with van der Waals surface area (Å²) in [5.74, 6) is -0.658. The van der Waals surface area contributed by atoms with E-state index in [9.17, 15) is 9.59 Å². The minimum atomic E-state index is -0.329. The number of rotatable bonds is 0. The Balaban J connectivity index is 2.35. The predicted octanol–water partition coefficient (Wildman–Crippen LogP) is 1.21. The summed E-state index contributed by atoms with van der Waals surface area (Å²) in [5.41, 5.74) is 0. The fourth-order valence-electron chi connectivity index (χ4n) is 0.715. The third-order valence-electron chi connectivity index (χ3n) is 1.27. The lowest BCUT2D eigenvalue weighted by Gasteiger charge is -1.96. The highest BCUT2D eigenvalue weighted by molar-refractivity contribution is 7.90. The molecule has 0 unspecified atom stereocenters. The van der Waals surface area contributed by atoms with E-state index in [1.807, 2.05) is 0 Å². The molecule has 1 fully saturated rings. The van der Waals surface area contributed by atoms with E-state index in [1.54, 1.807) is 0 Å². The fourth-order valence-corrected chi connectivity index (χ4v) is 1.07. The Morgan fingerprint density at radius 1 is 1.00 bits per heavy atom. The smallest absolute Gasteiger partial charge is 0.320 e. The van der Waals surface area contributed by atoms with Gasteiger partial charge in [-0.25, -0.2) is 0 Å². The number of hydrogen-bond acceptors (Lipinski definition) is 5. The molecule has 0 bridgehead atoms. The molecule has 0 amide bonds. The first-order chi connectivity index (χ1) is 5.29. The summed E-state index contributed by atoms with van der Waals surface area (Å²) in [7, 11) is 0. The number of carbonyl (C=O) groups excluding carboxylic acids is 2. The quantitative estimate of drug-likeness (QED) is 0.519. The van der Waals surface area contributed by atoms with E-state index in [1.165, 1.54) is 0 Å². The van der Waals surface area contributed by atoms with E-state index in [-0.39, 0.29) is 11.9 Å². The van der Waals surface area contributed by atoms with Crippen molar-refractivity contribution in [1.82, 2.24) is 0 Å². The van der Waals surface area contributed by atoms with Gasteiger partial charge in [0.2, 0.25) is 0 Å². The maximum Gasteiger partial charge on any atom is 0.320 e. The van der Waals surface area contributed by atoms with Crippen molar-refractivity contribution in [1.29, 1.82) is 0 Å². The third kappa shape index (κ3) is 3.27. The van der Waals surface area contributed by atoms with Crippen molar-refractivity contribution in [3.63, 3.8) is 0 Å². The normalized spacial score (nSPS) is 20.7. The topological polar surface area (TPSA) is 52.6 Å². The average Bonchev–Trinajstić information content (AvgIpc) is 2.04. The molecule has 0 saturated carbocycles. The Morgan fingerprint density at radius 2 is 1.45 bits per heavy atom. The molecular weight excluding hydrogens is 168 g/mol. The molecule has 1 heterocycles. The first-order valence-corrected chi connectivity index (χ1v) is 4.02. The molecule has 62 valence electrons. The van der Waals surface area contributed by atoms with Crippen LogP contribution in [0.5, 0.6) is 0 Å². The molecule has 0 atom stereocenters. The minimum Gasteiger partial charge on any atom is -0.355 e. The van der Waals surface area contributed by atoms with Crippen molar-refractivity contribution in [2.45, 2.75) is 25.7 Å². The second-order valence-corrected chi connectivity index (χ2v) is 2.66. The molecule has 1 rings (SSSR count). The van der Waals surface area contributed by atoms with Crippen LogP contribution in [0.3, 0.4) is 0 Å². The maximum absolute atomic E-state index is 10.7. The van der Waals surface area contributed by atoms with E-state index in [0.29, 0.717) is 38.0 Å². The molecule has 0 spiro atoms. The number of carbonyl (C=O) groups is 2. The SMILES string of the molecule is O=C1CCCCC(=O)OSO1. The van der Waals surface area contributed by atoms with Gasteiger partial charge in [-0.1, -0.05) is 0 Å². The second-order valence-electron chi connectivity index (χ2n) is 2.19. The van der Waals surface area contributed by atoms with Crippen LogP contribution in [0.15, 0.2) is 0 Å². The van der Waals surface area contributed by atoms with Gasteiger partial charge in [0.15, 0.2) is 0 Å². The zero-order chi connectivity index (χ0) is 8.10. The summed E-state index contributed by atoms with van der Waals surface area (Å²) in [6.45, 7) is 0. The van der Waals surface area contributed by atoms with E-state index in [4.69, 9.17) is 0 Å². The van der Waals surface area contributed by atoms with Crippen molar-refractivity contribution in [2.24, 2.45) is 0 Å². The first kappa shape index (κ1) is 8.39. The van der Waals surface area contributed by atoms with Crippen LogP contribution in [0.4, 0.5) is 0 Å². The van der Waals surface area contributed by atoms with Crippen LogP contribution in [0.25, 0.3) is 0 Å². The number of hydrogen-bond donors (Lipinski definition) is 0. The molecule has 1 aliphatic heterocycles. The van der Waals surface area contributed by atoms with Gasteiger partial charge in [-0.2, -0.15) is 0 Å². The standard InChI is InChI=1S/C6H8O4S/c7-5-3-1-2-4-6(8)10-11-9-5/h1-4H2. The van der Waals surface area contributed by atoms with E-state index in [0.717, 1.165) is 0 Å². The van der Waals surface area contributed by atoms with Crippen LogP contribution in [-0.2, 0) is 18.0 Å². The van der Waals surface area contributed by atoms with Crippen LogP contribution in [-0.4, -0.2) is 11.9 Å². The average molecular weight is 176 g/mol. The molecule has 0 radical (unpaired) electrons. The Kier molecular flexibility index (Phi) is 3.22. The Hall–Kier alpha value is -0.710. The van der Waals surface area contributed by atoms with Gasteiger partial charge in [0.1, 0.15) is 0 Å². The van der Waals surface area contributed by atoms with Crippen LogP contribution >= 0.6 is 12.3 Å². The van der Waals surface area contributed by atoms with Gasteiger partial charge in [-0.15, -0.1) is 0 Å². The molecule has 1 aliphatic rings. The predicted molar refractivity (Wildman–Crippen MR) is 38.2 cm³/mol. The summed E-state index contributed by atoms with van der Waals surface area (Å²) < 4.78 is 8.94. The fraction of sp³-hybridized carbons (Fsp3) is 0.667. The zero-order valence-corrected chi connectivity index (χ0v) is 6.69. The van der Waals surface area contributed by atoms with Gasteiger partial charge in [0.25, 0.3) is 12.3 Å². The lowest BCUT2D eigenvalue weighted by molar-refractivity contribution is -0.134. The molecular formula is C6H8O4S.